The molecule has 0 fully saturated rings. The van der Waals surface area contributed by atoms with Crippen LogP contribution >= 0.6 is 0 Å². The number of hydrogen-bond acceptors (Lipinski definition) is 5. The standard InChI is InChI=1S/C28H24N6/c1-20-17-21(2)31-28(30-20)32-29-18-25-19-34(26-11-7-4-8-12-26)33-27(25)24-15-13-23(14-16-24)22-9-5-3-6-10-22/h3-19H,1-2H3,(H,30,31,32)/b29-18-. The molecule has 2 heterocycles. The second kappa shape index (κ2) is 9.50. The largest absolute Gasteiger partial charge is 0.245 e. The van der Waals surface area contributed by atoms with Crippen molar-refractivity contribution in [3.05, 3.63) is 114 Å². The molecule has 34 heavy (non-hydrogen) atoms. The molecule has 6 nitrogen and oxygen atoms in total. The quantitative estimate of drug-likeness (QED) is 0.255. The van der Waals surface area contributed by atoms with Crippen molar-refractivity contribution in [2.24, 2.45) is 5.10 Å². The molecule has 0 spiro atoms. The van der Waals surface area contributed by atoms with Crippen LogP contribution in [0.15, 0.2) is 102 Å². The van der Waals surface area contributed by atoms with Crippen LogP contribution in [0, 0.1) is 13.8 Å². The van der Waals surface area contributed by atoms with Crippen molar-refractivity contribution in [1.29, 1.82) is 0 Å². The molecule has 0 radical (unpaired) electrons. The lowest BCUT2D eigenvalue weighted by Gasteiger charge is -2.04. The normalized spacial score (nSPS) is 11.1. The minimum Gasteiger partial charge on any atom is -0.245 e. The first-order valence-electron chi connectivity index (χ1n) is 11.1. The fraction of sp³-hybridized carbons (Fsp3) is 0.0714. The summed E-state index contributed by atoms with van der Waals surface area (Å²) in [7, 11) is 0. The van der Waals surface area contributed by atoms with E-state index in [0.717, 1.165) is 39.5 Å². The Balaban J connectivity index is 1.48. The molecular weight excluding hydrogens is 420 g/mol. The number of rotatable bonds is 6. The van der Waals surface area contributed by atoms with Gasteiger partial charge in [-0.25, -0.2) is 20.1 Å². The Kier molecular flexibility index (Phi) is 5.95. The molecule has 0 aliphatic heterocycles. The first-order valence-corrected chi connectivity index (χ1v) is 11.1. The van der Waals surface area contributed by atoms with Crippen molar-refractivity contribution in [2.45, 2.75) is 13.8 Å². The molecule has 0 bridgehead atoms. The van der Waals surface area contributed by atoms with Crippen LogP contribution in [0.2, 0.25) is 0 Å². The number of anilines is 1. The lowest BCUT2D eigenvalue weighted by molar-refractivity contribution is 0.884. The number of para-hydroxylation sites is 1. The van der Waals surface area contributed by atoms with E-state index in [2.05, 4.69) is 56.9 Å². The Morgan fingerprint density at radius 2 is 1.32 bits per heavy atom. The molecule has 6 heteroatoms. The van der Waals surface area contributed by atoms with E-state index in [1.54, 1.807) is 6.21 Å². The van der Waals surface area contributed by atoms with Gasteiger partial charge >= 0.3 is 0 Å². The van der Waals surface area contributed by atoms with Gasteiger partial charge in [-0.1, -0.05) is 72.8 Å². The molecule has 3 aromatic carbocycles. The van der Waals surface area contributed by atoms with Crippen LogP contribution in [0.4, 0.5) is 5.95 Å². The molecule has 166 valence electrons. The van der Waals surface area contributed by atoms with Crippen molar-refractivity contribution < 1.29 is 0 Å². The van der Waals surface area contributed by atoms with Gasteiger partial charge in [-0.3, -0.25) is 0 Å². The highest BCUT2D eigenvalue weighted by Crippen LogP contribution is 2.26. The summed E-state index contributed by atoms with van der Waals surface area (Å²) in [5, 5.41) is 9.27. The minimum atomic E-state index is 0.470. The lowest BCUT2D eigenvalue weighted by Crippen LogP contribution is -1.99. The second-order valence-corrected chi connectivity index (χ2v) is 8.00. The second-order valence-electron chi connectivity index (χ2n) is 8.00. The number of aromatic nitrogens is 4. The average Bonchev–Trinajstić information content (AvgIpc) is 3.29. The molecule has 5 aromatic rings. The summed E-state index contributed by atoms with van der Waals surface area (Å²) in [6, 6.07) is 30.7. The summed E-state index contributed by atoms with van der Waals surface area (Å²) in [4.78, 5) is 8.76. The van der Waals surface area contributed by atoms with E-state index in [0.29, 0.717) is 5.95 Å². The molecule has 0 amide bonds. The molecular formula is C28H24N6. The lowest BCUT2D eigenvalue weighted by atomic mass is 10.0. The molecule has 0 aliphatic rings. The zero-order valence-corrected chi connectivity index (χ0v) is 19.1. The summed E-state index contributed by atoms with van der Waals surface area (Å²) in [6.45, 7) is 3.87. The topological polar surface area (TPSA) is 68.0 Å². The van der Waals surface area contributed by atoms with Crippen LogP contribution in [0.1, 0.15) is 17.0 Å². The monoisotopic (exact) mass is 444 g/mol. The van der Waals surface area contributed by atoms with E-state index >= 15 is 0 Å². The first-order chi connectivity index (χ1) is 16.7. The fourth-order valence-electron chi connectivity index (χ4n) is 3.81. The van der Waals surface area contributed by atoms with Crippen LogP contribution in [0.3, 0.4) is 0 Å². The summed E-state index contributed by atoms with van der Waals surface area (Å²) >= 11 is 0. The Hall–Kier alpha value is -4.58. The fourth-order valence-corrected chi connectivity index (χ4v) is 3.81. The molecule has 1 N–H and O–H groups in total. The van der Waals surface area contributed by atoms with Crippen molar-refractivity contribution >= 4 is 12.2 Å². The van der Waals surface area contributed by atoms with Gasteiger partial charge in [-0.2, -0.15) is 10.2 Å². The molecule has 0 atom stereocenters. The van der Waals surface area contributed by atoms with Crippen molar-refractivity contribution in [3.8, 4) is 28.1 Å². The van der Waals surface area contributed by atoms with Crippen LogP contribution in [-0.4, -0.2) is 26.0 Å². The Morgan fingerprint density at radius 3 is 2.00 bits per heavy atom. The van der Waals surface area contributed by atoms with Crippen LogP contribution in [0.25, 0.3) is 28.1 Å². The van der Waals surface area contributed by atoms with Gasteiger partial charge in [-0.15, -0.1) is 0 Å². The molecule has 0 saturated heterocycles. The predicted molar refractivity (Wildman–Crippen MR) is 137 cm³/mol. The average molecular weight is 445 g/mol. The maximum absolute atomic E-state index is 4.87. The minimum absolute atomic E-state index is 0.470. The molecule has 0 unspecified atom stereocenters. The zero-order chi connectivity index (χ0) is 23.3. The van der Waals surface area contributed by atoms with Crippen molar-refractivity contribution in [2.75, 3.05) is 5.43 Å². The van der Waals surface area contributed by atoms with E-state index < -0.39 is 0 Å². The molecule has 2 aromatic heterocycles. The summed E-state index contributed by atoms with van der Waals surface area (Å²) in [5.41, 5.74) is 10.8. The van der Waals surface area contributed by atoms with Gasteiger partial charge < -0.3 is 0 Å². The highest BCUT2D eigenvalue weighted by Gasteiger charge is 2.12. The maximum Gasteiger partial charge on any atom is 0.243 e. The first kappa shape index (κ1) is 21.3. The van der Waals surface area contributed by atoms with Crippen LogP contribution in [-0.2, 0) is 0 Å². The van der Waals surface area contributed by atoms with Crippen LogP contribution in [0.5, 0.6) is 0 Å². The number of hydrogen-bond donors (Lipinski definition) is 1. The van der Waals surface area contributed by atoms with E-state index in [9.17, 15) is 0 Å². The van der Waals surface area contributed by atoms with E-state index in [4.69, 9.17) is 5.10 Å². The Morgan fingerprint density at radius 1 is 0.735 bits per heavy atom. The van der Waals surface area contributed by atoms with E-state index in [1.165, 1.54) is 5.56 Å². The van der Waals surface area contributed by atoms with Gasteiger partial charge in [0, 0.05) is 28.7 Å². The molecule has 5 rings (SSSR count). The van der Waals surface area contributed by atoms with E-state index in [-0.39, 0.29) is 0 Å². The van der Waals surface area contributed by atoms with Gasteiger partial charge in [0.2, 0.25) is 5.95 Å². The van der Waals surface area contributed by atoms with Gasteiger partial charge in [0.1, 0.15) is 5.69 Å². The highest BCUT2D eigenvalue weighted by molar-refractivity contribution is 5.89. The summed E-state index contributed by atoms with van der Waals surface area (Å²) in [5.74, 6) is 0.470. The number of aryl methyl sites for hydroxylation is 2. The smallest absolute Gasteiger partial charge is 0.243 e. The predicted octanol–water partition coefficient (Wildman–Crippen LogP) is 6.06. The van der Waals surface area contributed by atoms with E-state index in [1.807, 2.05) is 79.3 Å². The third-order valence-electron chi connectivity index (χ3n) is 5.38. The van der Waals surface area contributed by atoms with Gasteiger partial charge in [0.25, 0.3) is 0 Å². The van der Waals surface area contributed by atoms with Gasteiger partial charge in [-0.05, 0) is 43.2 Å². The van der Waals surface area contributed by atoms with Crippen molar-refractivity contribution in [3.63, 3.8) is 0 Å². The zero-order valence-electron chi connectivity index (χ0n) is 19.1. The Bertz CT molecular complexity index is 1400. The number of benzene rings is 3. The third kappa shape index (κ3) is 4.76. The SMILES string of the molecule is Cc1cc(C)nc(N/N=C\c2cn(-c3ccccc3)nc2-c2ccc(-c3ccccc3)cc2)n1. The van der Waals surface area contributed by atoms with Crippen molar-refractivity contribution in [1.82, 2.24) is 19.7 Å². The Labute approximate surface area is 198 Å². The molecule has 0 aliphatic carbocycles. The number of nitrogens with zero attached hydrogens (tertiary/aromatic N) is 5. The van der Waals surface area contributed by atoms with Gasteiger partial charge in [0.05, 0.1) is 11.9 Å². The number of nitrogens with one attached hydrogen (secondary N) is 1. The third-order valence-corrected chi connectivity index (χ3v) is 5.38. The van der Waals surface area contributed by atoms with Crippen LogP contribution < -0.4 is 5.43 Å². The highest BCUT2D eigenvalue weighted by atomic mass is 15.3. The maximum atomic E-state index is 4.87. The summed E-state index contributed by atoms with van der Waals surface area (Å²) in [6.07, 6.45) is 3.73. The molecule has 0 saturated carbocycles. The summed E-state index contributed by atoms with van der Waals surface area (Å²) < 4.78 is 1.87. The number of hydrazone groups is 1. The van der Waals surface area contributed by atoms with Gasteiger partial charge in [0.15, 0.2) is 0 Å².